The van der Waals surface area contributed by atoms with Crippen LogP contribution < -0.4 is 5.73 Å². The second-order valence-corrected chi connectivity index (χ2v) is 5.75. The molecule has 3 heterocycles. The number of nitrogens with two attached hydrogens (primary N) is 1. The van der Waals surface area contributed by atoms with Crippen LogP contribution in [0.5, 0.6) is 0 Å². The highest BCUT2D eigenvalue weighted by Gasteiger charge is 2.16. The number of amidine groups is 1. The number of rotatable bonds is 2. The first-order chi connectivity index (χ1) is 10.8. The van der Waals surface area contributed by atoms with E-state index in [4.69, 9.17) is 5.73 Å². The summed E-state index contributed by atoms with van der Waals surface area (Å²) >= 11 is 0. The van der Waals surface area contributed by atoms with Crippen molar-refractivity contribution in [1.82, 2.24) is 9.38 Å². The molecule has 1 fully saturated rings. The first-order valence-electron chi connectivity index (χ1n) is 7.73. The minimum absolute atomic E-state index is 0.888. The second-order valence-electron chi connectivity index (χ2n) is 5.75. The van der Waals surface area contributed by atoms with Gasteiger partial charge in [-0.05, 0) is 37.1 Å². The summed E-state index contributed by atoms with van der Waals surface area (Å²) in [5, 5.41) is 0. The minimum atomic E-state index is 0.888. The lowest BCUT2D eigenvalue weighted by Gasteiger charge is -2.03. The van der Waals surface area contributed by atoms with Crippen molar-refractivity contribution in [2.24, 2.45) is 5.73 Å². The number of hydrogen-bond donors (Lipinski definition) is 1. The predicted octanol–water partition coefficient (Wildman–Crippen LogP) is 2.51. The molecule has 2 aromatic heterocycles. The zero-order valence-electron chi connectivity index (χ0n) is 12.4. The fraction of sp³-hybridized carbons (Fsp3) is 0.222. The van der Waals surface area contributed by atoms with Crippen molar-refractivity contribution in [1.29, 1.82) is 0 Å². The molecule has 3 aromatic rings. The molecular formula is C18H19N4+. The molecule has 110 valence electrons. The topological polar surface area (TPSA) is 46.3 Å². The van der Waals surface area contributed by atoms with Crippen molar-refractivity contribution in [3.63, 3.8) is 0 Å². The van der Waals surface area contributed by atoms with Crippen molar-refractivity contribution < 1.29 is 4.58 Å². The van der Waals surface area contributed by atoms with Crippen LogP contribution in [0.3, 0.4) is 0 Å². The SMILES string of the molecule is NC(c1ccc(-c2cn3ccccc3n2)cc1)=[N+]1CCCC1. The van der Waals surface area contributed by atoms with E-state index in [1.807, 2.05) is 28.8 Å². The van der Waals surface area contributed by atoms with E-state index in [2.05, 4.69) is 40.0 Å². The third-order valence-corrected chi connectivity index (χ3v) is 4.29. The molecule has 0 radical (unpaired) electrons. The monoisotopic (exact) mass is 291 g/mol. The number of fused-ring (bicyclic) bond motifs is 1. The highest BCUT2D eigenvalue weighted by atomic mass is 15.1. The van der Waals surface area contributed by atoms with Gasteiger partial charge < -0.3 is 4.40 Å². The smallest absolute Gasteiger partial charge is 0.274 e. The van der Waals surface area contributed by atoms with Gasteiger partial charge in [-0.1, -0.05) is 18.2 Å². The Kier molecular flexibility index (Phi) is 3.15. The summed E-state index contributed by atoms with van der Waals surface area (Å²) in [7, 11) is 0. The quantitative estimate of drug-likeness (QED) is 0.582. The molecule has 0 amide bonds. The van der Waals surface area contributed by atoms with Crippen LogP contribution in [0.15, 0.2) is 54.9 Å². The second kappa shape index (κ2) is 5.30. The summed E-state index contributed by atoms with van der Waals surface area (Å²) in [5.74, 6) is 0.888. The van der Waals surface area contributed by atoms with E-state index in [9.17, 15) is 0 Å². The molecule has 4 rings (SSSR count). The van der Waals surface area contributed by atoms with Gasteiger partial charge in [0.2, 0.25) is 0 Å². The zero-order chi connectivity index (χ0) is 14.9. The lowest BCUT2D eigenvalue weighted by atomic mass is 10.1. The summed E-state index contributed by atoms with van der Waals surface area (Å²) in [6.07, 6.45) is 6.54. The number of imidazole rings is 1. The first-order valence-corrected chi connectivity index (χ1v) is 7.73. The Morgan fingerprint density at radius 2 is 1.82 bits per heavy atom. The molecule has 1 aliphatic heterocycles. The number of nitrogens with zero attached hydrogens (tertiary/aromatic N) is 3. The lowest BCUT2D eigenvalue weighted by Crippen LogP contribution is -2.27. The number of pyridine rings is 1. The van der Waals surface area contributed by atoms with Crippen molar-refractivity contribution in [3.8, 4) is 11.3 Å². The average molecular weight is 291 g/mol. The maximum atomic E-state index is 6.27. The maximum Gasteiger partial charge on any atom is 0.274 e. The van der Waals surface area contributed by atoms with Crippen LogP contribution in [0.2, 0.25) is 0 Å². The van der Waals surface area contributed by atoms with E-state index >= 15 is 0 Å². The average Bonchev–Trinajstić information content (AvgIpc) is 3.23. The van der Waals surface area contributed by atoms with E-state index < -0.39 is 0 Å². The zero-order valence-corrected chi connectivity index (χ0v) is 12.4. The van der Waals surface area contributed by atoms with Gasteiger partial charge in [0.25, 0.3) is 5.84 Å². The van der Waals surface area contributed by atoms with Crippen molar-refractivity contribution >= 4 is 11.5 Å². The molecule has 1 saturated heterocycles. The molecular weight excluding hydrogens is 272 g/mol. The van der Waals surface area contributed by atoms with E-state index in [1.165, 1.54) is 12.8 Å². The number of aromatic nitrogens is 2. The molecule has 22 heavy (non-hydrogen) atoms. The van der Waals surface area contributed by atoms with Crippen molar-refractivity contribution in [2.45, 2.75) is 12.8 Å². The largest absolute Gasteiger partial charge is 0.306 e. The van der Waals surface area contributed by atoms with Gasteiger partial charge >= 0.3 is 0 Å². The fourth-order valence-electron chi connectivity index (χ4n) is 3.03. The van der Waals surface area contributed by atoms with Crippen LogP contribution >= 0.6 is 0 Å². The molecule has 0 spiro atoms. The highest BCUT2D eigenvalue weighted by molar-refractivity contribution is 5.94. The summed E-state index contributed by atoms with van der Waals surface area (Å²) in [6.45, 7) is 2.14. The number of hydrogen-bond acceptors (Lipinski definition) is 1. The third-order valence-electron chi connectivity index (χ3n) is 4.29. The van der Waals surface area contributed by atoms with Gasteiger partial charge in [-0.15, -0.1) is 0 Å². The van der Waals surface area contributed by atoms with Gasteiger partial charge in [0, 0.05) is 18.0 Å². The molecule has 0 bridgehead atoms. The van der Waals surface area contributed by atoms with Crippen LogP contribution in [0.25, 0.3) is 16.9 Å². The molecule has 4 heteroatoms. The summed E-state index contributed by atoms with van der Waals surface area (Å²) < 4.78 is 4.30. The Morgan fingerprint density at radius 3 is 2.55 bits per heavy atom. The maximum absolute atomic E-state index is 6.27. The van der Waals surface area contributed by atoms with Crippen LogP contribution in [0.1, 0.15) is 18.4 Å². The van der Waals surface area contributed by atoms with Gasteiger partial charge in [-0.2, -0.15) is 0 Å². The molecule has 0 atom stereocenters. The minimum Gasteiger partial charge on any atom is -0.306 e. The Hall–Kier alpha value is -2.62. The molecule has 4 nitrogen and oxygen atoms in total. The Bertz CT molecular complexity index is 802. The van der Waals surface area contributed by atoms with E-state index in [0.717, 1.165) is 41.4 Å². The van der Waals surface area contributed by atoms with Crippen LogP contribution in [0, 0.1) is 0 Å². The molecule has 1 aromatic carbocycles. The lowest BCUT2D eigenvalue weighted by molar-refractivity contribution is -0.506. The highest BCUT2D eigenvalue weighted by Crippen LogP contribution is 2.19. The van der Waals surface area contributed by atoms with Gasteiger partial charge in [0.1, 0.15) is 5.65 Å². The standard InChI is InChI=1S/C18H18N4/c19-18(21-10-3-4-11-21)15-8-6-14(7-9-15)16-13-22-12-2-1-5-17(22)20-16/h1-2,5-9,12-13,19H,3-4,10-11H2/p+1. The van der Waals surface area contributed by atoms with Gasteiger partial charge in [0.15, 0.2) is 0 Å². The first kappa shape index (κ1) is 13.1. The van der Waals surface area contributed by atoms with Crippen LogP contribution in [0.4, 0.5) is 0 Å². The Morgan fingerprint density at radius 1 is 1.05 bits per heavy atom. The fourth-order valence-corrected chi connectivity index (χ4v) is 3.03. The molecule has 1 aliphatic rings. The van der Waals surface area contributed by atoms with E-state index in [1.54, 1.807) is 0 Å². The molecule has 0 unspecified atom stereocenters. The molecule has 0 aliphatic carbocycles. The Labute approximate surface area is 129 Å². The predicted molar refractivity (Wildman–Crippen MR) is 88.2 cm³/mol. The van der Waals surface area contributed by atoms with Crippen LogP contribution in [-0.2, 0) is 0 Å². The van der Waals surface area contributed by atoms with E-state index in [-0.39, 0.29) is 0 Å². The Balaban J connectivity index is 1.68. The molecule has 2 N–H and O–H groups in total. The summed E-state index contributed by atoms with van der Waals surface area (Å²) in [5.41, 5.74) is 10.4. The summed E-state index contributed by atoms with van der Waals surface area (Å²) in [4.78, 5) is 4.65. The van der Waals surface area contributed by atoms with E-state index in [0.29, 0.717) is 0 Å². The van der Waals surface area contributed by atoms with Crippen molar-refractivity contribution in [2.75, 3.05) is 13.1 Å². The third kappa shape index (κ3) is 2.26. The summed E-state index contributed by atoms with van der Waals surface area (Å²) in [6, 6.07) is 14.4. The van der Waals surface area contributed by atoms with Crippen molar-refractivity contribution in [3.05, 3.63) is 60.4 Å². The van der Waals surface area contributed by atoms with Gasteiger partial charge in [0.05, 0.1) is 24.3 Å². The van der Waals surface area contributed by atoms with Crippen LogP contribution in [-0.4, -0.2) is 32.9 Å². The molecule has 0 saturated carbocycles. The normalized spacial score (nSPS) is 14.6. The number of benzene rings is 1. The van der Waals surface area contributed by atoms with Gasteiger partial charge in [-0.25, -0.2) is 4.98 Å². The van der Waals surface area contributed by atoms with Gasteiger partial charge in [-0.3, -0.25) is 10.3 Å².